The normalized spacial score (nSPS) is 31.8. The molecule has 1 aliphatic heterocycles. The van der Waals surface area contributed by atoms with Gasteiger partial charge >= 0.3 is 11.9 Å². The maximum absolute atomic E-state index is 12.0. The minimum Gasteiger partial charge on any atom is -0.467 e. The van der Waals surface area contributed by atoms with Gasteiger partial charge in [-0.05, 0) is 25.8 Å². The summed E-state index contributed by atoms with van der Waals surface area (Å²) < 4.78 is 28.0. The Labute approximate surface area is 147 Å². The molecule has 7 heteroatoms. The van der Waals surface area contributed by atoms with Crippen molar-refractivity contribution in [1.29, 1.82) is 0 Å². The average molecular weight is 354 g/mol. The van der Waals surface area contributed by atoms with Crippen molar-refractivity contribution in [2.45, 2.75) is 75.7 Å². The fourth-order valence-corrected chi connectivity index (χ4v) is 3.89. The van der Waals surface area contributed by atoms with Crippen molar-refractivity contribution in [2.24, 2.45) is 0 Å². The van der Waals surface area contributed by atoms with Crippen molar-refractivity contribution in [3.63, 3.8) is 0 Å². The van der Waals surface area contributed by atoms with Gasteiger partial charge in [-0.1, -0.05) is 6.42 Å². The second kappa shape index (κ2) is 7.43. The summed E-state index contributed by atoms with van der Waals surface area (Å²) in [5, 5.41) is 0. The number of hydrogen-bond acceptors (Lipinski definition) is 7. The third kappa shape index (κ3) is 3.73. The van der Waals surface area contributed by atoms with E-state index in [4.69, 9.17) is 23.7 Å². The third-order valence-corrected chi connectivity index (χ3v) is 5.15. The smallest absolute Gasteiger partial charge is 0.334 e. The maximum atomic E-state index is 12.0. The fourth-order valence-electron chi connectivity index (χ4n) is 3.89. The Kier molecular flexibility index (Phi) is 5.46. The molecule has 1 saturated heterocycles. The van der Waals surface area contributed by atoms with Crippen LogP contribution in [0.25, 0.3) is 0 Å². The van der Waals surface area contributed by atoms with Crippen molar-refractivity contribution in [3.05, 3.63) is 11.6 Å². The van der Waals surface area contributed by atoms with Crippen LogP contribution in [-0.2, 0) is 33.3 Å². The van der Waals surface area contributed by atoms with Crippen molar-refractivity contribution in [3.8, 4) is 0 Å². The van der Waals surface area contributed by atoms with Gasteiger partial charge in [0.15, 0.2) is 11.9 Å². The zero-order valence-corrected chi connectivity index (χ0v) is 15.0. The van der Waals surface area contributed by atoms with Crippen LogP contribution in [0.3, 0.4) is 0 Å². The van der Waals surface area contributed by atoms with Crippen LogP contribution in [0.1, 0.15) is 45.4 Å². The van der Waals surface area contributed by atoms with Crippen molar-refractivity contribution in [1.82, 2.24) is 0 Å². The number of carbonyl (C=O) groups is 2. The lowest BCUT2D eigenvalue weighted by atomic mass is 9.92. The van der Waals surface area contributed by atoms with Crippen LogP contribution in [-0.4, -0.2) is 56.4 Å². The first-order valence-electron chi connectivity index (χ1n) is 8.86. The van der Waals surface area contributed by atoms with Gasteiger partial charge in [-0.3, -0.25) is 0 Å². The molecule has 0 amide bonds. The fraction of sp³-hybridized carbons (Fsp3) is 0.778. The van der Waals surface area contributed by atoms with Crippen LogP contribution in [0, 0.1) is 0 Å². The molecule has 0 bridgehead atoms. The van der Waals surface area contributed by atoms with Gasteiger partial charge < -0.3 is 23.7 Å². The highest BCUT2D eigenvalue weighted by atomic mass is 16.8. The highest BCUT2D eigenvalue weighted by molar-refractivity contribution is 5.88. The molecule has 7 nitrogen and oxygen atoms in total. The number of ether oxygens (including phenoxy) is 5. The van der Waals surface area contributed by atoms with Crippen molar-refractivity contribution in [2.75, 3.05) is 14.2 Å². The Hall–Kier alpha value is -1.44. The molecule has 2 fully saturated rings. The topological polar surface area (TPSA) is 80.3 Å². The zero-order chi connectivity index (χ0) is 18.0. The van der Waals surface area contributed by atoms with Crippen molar-refractivity contribution < 1.29 is 33.3 Å². The Balaban J connectivity index is 1.81. The first-order valence-corrected chi connectivity index (χ1v) is 8.86. The van der Waals surface area contributed by atoms with Gasteiger partial charge in [-0.25, -0.2) is 9.59 Å². The summed E-state index contributed by atoms with van der Waals surface area (Å²) in [4.78, 5) is 23.7. The zero-order valence-electron chi connectivity index (χ0n) is 15.0. The Morgan fingerprint density at radius 3 is 2.52 bits per heavy atom. The summed E-state index contributed by atoms with van der Waals surface area (Å²) in [6.07, 6.45) is 5.09. The van der Waals surface area contributed by atoms with E-state index in [-0.39, 0.29) is 12.2 Å². The van der Waals surface area contributed by atoms with Crippen LogP contribution in [0.15, 0.2) is 11.6 Å². The summed E-state index contributed by atoms with van der Waals surface area (Å²) in [6, 6.07) is 0. The van der Waals surface area contributed by atoms with Gasteiger partial charge in [-0.15, -0.1) is 0 Å². The molecule has 25 heavy (non-hydrogen) atoms. The lowest BCUT2D eigenvalue weighted by molar-refractivity contribution is -0.203. The van der Waals surface area contributed by atoms with Gasteiger partial charge in [0.1, 0.15) is 12.2 Å². The van der Waals surface area contributed by atoms with E-state index in [9.17, 15) is 9.59 Å². The molecule has 4 unspecified atom stereocenters. The van der Waals surface area contributed by atoms with Crippen LogP contribution in [0.5, 0.6) is 0 Å². The first kappa shape index (κ1) is 18.4. The van der Waals surface area contributed by atoms with E-state index in [2.05, 4.69) is 0 Å². The second-order valence-electron chi connectivity index (χ2n) is 6.86. The lowest BCUT2D eigenvalue weighted by Gasteiger charge is -2.33. The third-order valence-electron chi connectivity index (χ3n) is 5.15. The van der Waals surface area contributed by atoms with E-state index >= 15 is 0 Å². The Morgan fingerprint density at radius 1 is 1.16 bits per heavy atom. The molecular formula is C18H26O7. The molecule has 4 atom stereocenters. The molecule has 0 radical (unpaired) electrons. The van der Waals surface area contributed by atoms with Gasteiger partial charge in [-0.2, -0.15) is 0 Å². The molecule has 0 aromatic heterocycles. The molecule has 0 N–H and O–H groups in total. The van der Waals surface area contributed by atoms with Crippen LogP contribution < -0.4 is 0 Å². The van der Waals surface area contributed by atoms with Gasteiger partial charge in [0.2, 0.25) is 0 Å². The van der Waals surface area contributed by atoms with E-state index < -0.39 is 29.9 Å². The van der Waals surface area contributed by atoms with E-state index in [0.717, 1.165) is 25.7 Å². The van der Waals surface area contributed by atoms with E-state index in [1.807, 2.05) is 0 Å². The Bertz CT molecular complexity index is 550. The van der Waals surface area contributed by atoms with Gasteiger partial charge in [0.25, 0.3) is 0 Å². The lowest BCUT2D eigenvalue weighted by Crippen LogP contribution is -2.44. The summed E-state index contributed by atoms with van der Waals surface area (Å²) >= 11 is 0. The number of fused-ring (bicyclic) bond motifs is 1. The number of rotatable bonds is 4. The summed E-state index contributed by atoms with van der Waals surface area (Å²) in [5.74, 6) is -1.48. The number of esters is 2. The second-order valence-corrected chi connectivity index (χ2v) is 6.86. The molecule has 1 spiro atoms. The SMILES string of the molecule is COC(=O)C1=CC2OC3(CCCCC3)OC2C(OC(C)C(=O)OC)C1. The molecule has 2 aliphatic carbocycles. The highest BCUT2D eigenvalue weighted by Crippen LogP contribution is 2.44. The minimum absolute atomic E-state index is 0.314. The predicted octanol–water partition coefficient (Wildman–Crippen LogP) is 1.88. The summed E-state index contributed by atoms with van der Waals surface area (Å²) in [7, 11) is 2.66. The quantitative estimate of drug-likeness (QED) is 0.713. The van der Waals surface area contributed by atoms with Gasteiger partial charge in [0, 0.05) is 24.8 Å². The minimum atomic E-state index is -0.751. The van der Waals surface area contributed by atoms with E-state index in [1.54, 1.807) is 13.0 Å². The first-order chi connectivity index (χ1) is 12.0. The van der Waals surface area contributed by atoms with E-state index in [1.165, 1.54) is 20.6 Å². The largest absolute Gasteiger partial charge is 0.467 e. The molecule has 0 aromatic carbocycles. The van der Waals surface area contributed by atoms with Gasteiger partial charge in [0.05, 0.1) is 20.3 Å². The number of hydrogen-bond donors (Lipinski definition) is 0. The van der Waals surface area contributed by atoms with Crippen LogP contribution >= 0.6 is 0 Å². The van der Waals surface area contributed by atoms with Crippen molar-refractivity contribution >= 4 is 11.9 Å². The molecule has 0 aromatic rings. The molecule has 3 aliphatic rings. The van der Waals surface area contributed by atoms with E-state index in [0.29, 0.717) is 12.0 Å². The maximum Gasteiger partial charge on any atom is 0.334 e. The van der Waals surface area contributed by atoms with Crippen LogP contribution in [0.4, 0.5) is 0 Å². The van der Waals surface area contributed by atoms with Crippen LogP contribution in [0.2, 0.25) is 0 Å². The summed E-state index contributed by atoms with van der Waals surface area (Å²) in [6.45, 7) is 1.63. The number of carbonyl (C=O) groups excluding carboxylic acids is 2. The monoisotopic (exact) mass is 354 g/mol. The molecular weight excluding hydrogens is 328 g/mol. The predicted molar refractivity (Wildman–Crippen MR) is 86.6 cm³/mol. The Morgan fingerprint density at radius 2 is 1.88 bits per heavy atom. The average Bonchev–Trinajstić information content (AvgIpc) is 2.98. The molecule has 1 saturated carbocycles. The number of methoxy groups -OCH3 is 2. The molecule has 140 valence electrons. The molecule has 1 heterocycles. The summed E-state index contributed by atoms with van der Waals surface area (Å²) in [5.41, 5.74) is 0.488. The standard InChI is InChI=1S/C18H26O7/c1-11(16(19)21-2)23-13-9-12(17(20)22-3)10-14-15(13)25-18(24-14)7-5-4-6-8-18/h10-11,13-15H,4-9H2,1-3H3. The highest BCUT2D eigenvalue weighted by Gasteiger charge is 2.52. The molecule has 3 rings (SSSR count).